The van der Waals surface area contributed by atoms with E-state index < -0.39 is 24.1 Å². The quantitative estimate of drug-likeness (QED) is 0.583. The van der Waals surface area contributed by atoms with Gasteiger partial charge in [-0.3, -0.25) is 4.79 Å². The van der Waals surface area contributed by atoms with Crippen LogP contribution in [0.3, 0.4) is 0 Å². The van der Waals surface area contributed by atoms with E-state index in [2.05, 4.69) is 0 Å². The molecule has 0 saturated heterocycles. The van der Waals surface area contributed by atoms with Crippen LogP contribution in [0.25, 0.3) is 0 Å². The summed E-state index contributed by atoms with van der Waals surface area (Å²) in [5.74, 6) is -1.36. The van der Waals surface area contributed by atoms with Crippen LogP contribution in [-0.4, -0.2) is 30.4 Å². The number of hydrogen-bond acceptors (Lipinski definition) is 5. The Balaban J connectivity index is 2.54. The topological polar surface area (TPSA) is 69.7 Å². The first-order chi connectivity index (χ1) is 8.54. The van der Waals surface area contributed by atoms with Gasteiger partial charge in [-0.25, -0.2) is 9.59 Å². The maximum absolute atomic E-state index is 11.6. The fourth-order valence-electron chi connectivity index (χ4n) is 1.16. The van der Waals surface area contributed by atoms with Crippen LogP contribution in [0.5, 0.6) is 0 Å². The van der Waals surface area contributed by atoms with E-state index in [1.807, 2.05) is 0 Å². The molecule has 0 saturated carbocycles. The van der Waals surface area contributed by atoms with Crippen molar-refractivity contribution in [3.05, 3.63) is 35.9 Å². The molecule has 2 atom stereocenters. The van der Waals surface area contributed by atoms with E-state index in [0.29, 0.717) is 11.8 Å². The van der Waals surface area contributed by atoms with E-state index in [0.717, 1.165) is 0 Å². The number of ether oxygens (including phenoxy) is 2. The molecule has 5 nitrogen and oxygen atoms in total. The van der Waals surface area contributed by atoms with E-state index in [1.54, 1.807) is 30.3 Å². The van der Waals surface area contributed by atoms with Gasteiger partial charge in [-0.1, -0.05) is 18.2 Å². The fraction of sp³-hybridized carbons (Fsp3) is 0.308. The highest BCUT2D eigenvalue weighted by Gasteiger charge is 2.21. The van der Waals surface area contributed by atoms with Gasteiger partial charge in [0.25, 0.3) is 0 Å². The molecular formula is C13H14O5. The average Bonchev–Trinajstić information content (AvgIpc) is 2.39. The van der Waals surface area contributed by atoms with Crippen molar-refractivity contribution in [2.75, 3.05) is 0 Å². The van der Waals surface area contributed by atoms with Crippen molar-refractivity contribution < 1.29 is 23.9 Å². The highest BCUT2D eigenvalue weighted by Crippen LogP contribution is 2.05. The van der Waals surface area contributed by atoms with Crippen LogP contribution >= 0.6 is 0 Å². The Morgan fingerprint density at radius 1 is 1.11 bits per heavy atom. The molecule has 5 heteroatoms. The second-order valence-corrected chi connectivity index (χ2v) is 3.69. The summed E-state index contributed by atoms with van der Waals surface area (Å²) in [5, 5.41) is 0. The van der Waals surface area contributed by atoms with Crippen LogP contribution in [0.1, 0.15) is 24.2 Å². The molecule has 1 unspecified atom stereocenters. The monoisotopic (exact) mass is 250 g/mol. The molecule has 18 heavy (non-hydrogen) atoms. The zero-order chi connectivity index (χ0) is 13.5. The Kier molecular flexibility index (Phi) is 5.05. The minimum atomic E-state index is -1.06. The minimum absolute atomic E-state index is 0.348. The first kappa shape index (κ1) is 13.9. The molecule has 1 rings (SSSR count). The van der Waals surface area contributed by atoms with Crippen molar-refractivity contribution in [3.8, 4) is 0 Å². The SMILES string of the molecule is CC(C=O)OC(=O)[C@H](C)OC(=O)c1ccccc1. The maximum Gasteiger partial charge on any atom is 0.347 e. The maximum atomic E-state index is 11.6. The molecule has 0 heterocycles. The van der Waals surface area contributed by atoms with Crippen LogP contribution in [0.2, 0.25) is 0 Å². The second-order valence-electron chi connectivity index (χ2n) is 3.69. The molecule has 0 aliphatic carbocycles. The van der Waals surface area contributed by atoms with Gasteiger partial charge >= 0.3 is 11.9 Å². The Labute approximate surface area is 105 Å². The van der Waals surface area contributed by atoms with E-state index >= 15 is 0 Å². The number of benzene rings is 1. The Hall–Kier alpha value is -2.17. The smallest absolute Gasteiger partial charge is 0.347 e. The average molecular weight is 250 g/mol. The third-order valence-corrected chi connectivity index (χ3v) is 2.12. The predicted octanol–water partition coefficient (Wildman–Crippen LogP) is 1.36. The molecule has 0 aliphatic heterocycles. The van der Waals surface area contributed by atoms with Crippen molar-refractivity contribution in [2.24, 2.45) is 0 Å². The second kappa shape index (κ2) is 6.54. The van der Waals surface area contributed by atoms with Crippen molar-refractivity contribution in [1.82, 2.24) is 0 Å². The van der Waals surface area contributed by atoms with Gasteiger partial charge < -0.3 is 9.47 Å². The molecule has 0 amide bonds. The van der Waals surface area contributed by atoms with Crippen molar-refractivity contribution in [2.45, 2.75) is 26.1 Å². The largest absolute Gasteiger partial charge is 0.452 e. The molecule has 0 radical (unpaired) electrons. The highest BCUT2D eigenvalue weighted by molar-refractivity contribution is 5.91. The van der Waals surface area contributed by atoms with Crippen LogP contribution in [0, 0.1) is 0 Å². The van der Waals surface area contributed by atoms with E-state index in [9.17, 15) is 14.4 Å². The predicted molar refractivity (Wildman–Crippen MR) is 62.9 cm³/mol. The Morgan fingerprint density at radius 3 is 2.28 bits per heavy atom. The molecule has 1 aromatic rings. The van der Waals surface area contributed by atoms with Crippen LogP contribution in [0.15, 0.2) is 30.3 Å². The lowest BCUT2D eigenvalue weighted by molar-refractivity contribution is -0.159. The summed E-state index contributed by atoms with van der Waals surface area (Å²) < 4.78 is 9.63. The van der Waals surface area contributed by atoms with Crippen LogP contribution in [0.4, 0.5) is 0 Å². The zero-order valence-corrected chi connectivity index (χ0v) is 10.2. The standard InChI is InChI=1S/C13H14O5/c1-9(8-14)17-12(15)10(2)18-13(16)11-6-4-3-5-7-11/h3-10H,1-2H3/t9?,10-/m0/s1. The third-order valence-electron chi connectivity index (χ3n) is 2.12. The molecule has 1 aromatic carbocycles. The van der Waals surface area contributed by atoms with Gasteiger partial charge in [-0.05, 0) is 26.0 Å². The number of aldehydes is 1. The molecule has 0 N–H and O–H groups in total. The molecule has 0 bridgehead atoms. The lowest BCUT2D eigenvalue weighted by Crippen LogP contribution is -2.29. The third kappa shape index (κ3) is 4.01. The van der Waals surface area contributed by atoms with E-state index in [-0.39, 0.29) is 0 Å². The van der Waals surface area contributed by atoms with Gasteiger partial charge in [0, 0.05) is 0 Å². The van der Waals surface area contributed by atoms with Crippen molar-refractivity contribution in [1.29, 1.82) is 0 Å². The van der Waals surface area contributed by atoms with Crippen molar-refractivity contribution in [3.63, 3.8) is 0 Å². The van der Waals surface area contributed by atoms with E-state index in [4.69, 9.17) is 9.47 Å². The molecule has 0 spiro atoms. The van der Waals surface area contributed by atoms with Crippen LogP contribution < -0.4 is 0 Å². The number of rotatable bonds is 5. The number of carbonyl (C=O) groups is 3. The number of esters is 2. The van der Waals surface area contributed by atoms with Gasteiger partial charge in [-0.2, -0.15) is 0 Å². The molecular weight excluding hydrogens is 236 g/mol. The zero-order valence-electron chi connectivity index (χ0n) is 10.2. The van der Waals surface area contributed by atoms with Gasteiger partial charge in [-0.15, -0.1) is 0 Å². The first-order valence-electron chi connectivity index (χ1n) is 5.46. The lowest BCUT2D eigenvalue weighted by atomic mass is 10.2. The number of carbonyl (C=O) groups excluding carboxylic acids is 3. The lowest BCUT2D eigenvalue weighted by Gasteiger charge is -2.14. The van der Waals surface area contributed by atoms with Crippen molar-refractivity contribution >= 4 is 18.2 Å². The molecule has 0 aromatic heterocycles. The van der Waals surface area contributed by atoms with Gasteiger partial charge in [0.2, 0.25) is 0 Å². The fourth-order valence-corrected chi connectivity index (χ4v) is 1.16. The van der Waals surface area contributed by atoms with Gasteiger partial charge in [0.05, 0.1) is 5.56 Å². The van der Waals surface area contributed by atoms with Gasteiger partial charge in [0.15, 0.2) is 18.5 Å². The summed E-state index contributed by atoms with van der Waals surface area (Å²) in [6.45, 7) is 2.82. The summed E-state index contributed by atoms with van der Waals surface area (Å²) >= 11 is 0. The molecule has 0 fully saturated rings. The van der Waals surface area contributed by atoms with Gasteiger partial charge in [0.1, 0.15) is 0 Å². The summed E-state index contributed by atoms with van der Waals surface area (Å²) in [6, 6.07) is 8.30. The Morgan fingerprint density at radius 2 is 1.72 bits per heavy atom. The minimum Gasteiger partial charge on any atom is -0.452 e. The summed E-state index contributed by atoms with van der Waals surface area (Å²) in [6.07, 6.45) is -1.42. The number of hydrogen-bond donors (Lipinski definition) is 0. The molecule has 96 valence electrons. The highest BCUT2D eigenvalue weighted by atomic mass is 16.6. The van der Waals surface area contributed by atoms with Crippen LogP contribution in [-0.2, 0) is 19.1 Å². The summed E-state index contributed by atoms with van der Waals surface area (Å²) in [5.41, 5.74) is 0.348. The summed E-state index contributed by atoms with van der Waals surface area (Å²) in [4.78, 5) is 33.4. The Bertz CT molecular complexity index is 426. The normalized spacial score (nSPS) is 13.2. The molecule has 0 aliphatic rings. The summed E-state index contributed by atoms with van der Waals surface area (Å²) in [7, 11) is 0. The first-order valence-corrected chi connectivity index (χ1v) is 5.46. The van der Waals surface area contributed by atoms with E-state index in [1.165, 1.54) is 13.8 Å².